The van der Waals surface area contributed by atoms with Crippen molar-refractivity contribution in [2.75, 3.05) is 6.54 Å². The van der Waals surface area contributed by atoms with E-state index in [-0.39, 0.29) is 11.9 Å². The van der Waals surface area contributed by atoms with Gasteiger partial charge in [-0.05, 0) is 37.1 Å². The van der Waals surface area contributed by atoms with Crippen LogP contribution < -0.4 is 5.32 Å². The van der Waals surface area contributed by atoms with Crippen molar-refractivity contribution >= 4 is 11.6 Å². The predicted octanol–water partition coefficient (Wildman–Crippen LogP) is 2.13. The summed E-state index contributed by atoms with van der Waals surface area (Å²) in [7, 11) is 0. The first-order valence-electron chi connectivity index (χ1n) is 5.52. The minimum Gasteiger partial charge on any atom is -0.391 e. The molecule has 0 saturated carbocycles. The summed E-state index contributed by atoms with van der Waals surface area (Å²) in [6.07, 6.45) is 2.10. The van der Waals surface area contributed by atoms with Gasteiger partial charge in [0.25, 0.3) is 0 Å². The topological polar surface area (TPSA) is 32.3 Å². The lowest BCUT2D eigenvalue weighted by Gasteiger charge is -2.18. The number of rotatable bonds is 3. The molecule has 16 heavy (non-hydrogen) atoms. The van der Waals surface area contributed by atoms with Crippen LogP contribution in [0.25, 0.3) is 0 Å². The van der Waals surface area contributed by atoms with Crippen LogP contribution in [0.5, 0.6) is 0 Å². The SMILES string of the molecule is OC(Cc1ccc(F)cc1Cl)C1CCCN1. The Balaban J connectivity index is 2.02. The van der Waals surface area contributed by atoms with Crippen LogP contribution in [0.15, 0.2) is 18.2 Å². The van der Waals surface area contributed by atoms with Gasteiger partial charge in [0.05, 0.1) is 6.10 Å². The normalized spacial score (nSPS) is 22.3. The van der Waals surface area contributed by atoms with Gasteiger partial charge in [-0.2, -0.15) is 0 Å². The standard InChI is InChI=1S/C12H15ClFNO/c13-10-7-9(14)4-3-8(10)6-12(16)11-2-1-5-15-11/h3-4,7,11-12,15-16H,1-2,5-6H2. The second-order valence-electron chi connectivity index (χ2n) is 4.21. The molecule has 0 bridgehead atoms. The third kappa shape index (κ3) is 2.73. The molecule has 88 valence electrons. The van der Waals surface area contributed by atoms with Crippen LogP contribution in [0.1, 0.15) is 18.4 Å². The highest BCUT2D eigenvalue weighted by Gasteiger charge is 2.23. The zero-order chi connectivity index (χ0) is 11.5. The van der Waals surface area contributed by atoms with Gasteiger partial charge in [-0.1, -0.05) is 17.7 Å². The van der Waals surface area contributed by atoms with Crippen molar-refractivity contribution in [3.63, 3.8) is 0 Å². The average Bonchev–Trinajstić information content (AvgIpc) is 2.75. The van der Waals surface area contributed by atoms with E-state index in [9.17, 15) is 9.50 Å². The molecule has 2 atom stereocenters. The lowest BCUT2D eigenvalue weighted by Crippen LogP contribution is -2.36. The second kappa shape index (κ2) is 5.13. The summed E-state index contributed by atoms with van der Waals surface area (Å²) >= 11 is 5.91. The molecule has 1 saturated heterocycles. The van der Waals surface area contributed by atoms with Crippen LogP contribution in [0.4, 0.5) is 4.39 Å². The summed E-state index contributed by atoms with van der Waals surface area (Å²) in [4.78, 5) is 0. The predicted molar refractivity (Wildman–Crippen MR) is 62.1 cm³/mol. The van der Waals surface area contributed by atoms with E-state index >= 15 is 0 Å². The Morgan fingerprint density at radius 3 is 3.00 bits per heavy atom. The summed E-state index contributed by atoms with van der Waals surface area (Å²) in [5, 5.41) is 13.6. The van der Waals surface area contributed by atoms with Crippen LogP contribution in [0.2, 0.25) is 5.02 Å². The smallest absolute Gasteiger partial charge is 0.124 e. The van der Waals surface area contributed by atoms with Crippen molar-refractivity contribution in [1.29, 1.82) is 0 Å². The minimum atomic E-state index is -0.453. The molecule has 1 heterocycles. The maximum atomic E-state index is 12.8. The van der Waals surface area contributed by atoms with E-state index in [0.29, 0.717) is 11.4 Å². The lowest BCUT2D eigenvalue weighted by atomic mass is 10.0. The maximum absolute atomic E-state index is 12.8. The first kappa shape index (κ1) is 11.8. The van der Waals surface area contributed by atoms with Crippen LogP contribution >= 0.6 is 11.6 Å². The monoisotopic (exact) mass is 243 g/mol. The fourth-order valence-electron chi connectivity index (χ4n) is 2.09. The molecule has 0 aliphatic carbocycles. The van der Waals surface area contributed by atoms with Gasteiger partial charge in [0, 0.05) is 17.5 Å². The van der Waals surface area contributed by atoms with Crippen LogP contribution in [-0.4, -0.2) is 23.8 Å². The summed E-state index contributed by atoms with van der Waals surface area (Å²) in [6.45, 7) is 0.957. The fraction of sp³-hybridized carbons (Fsp3) is 0.500. The Morgan fingerprint density at radius 2 is 2.38 bits per heavy atom. The molecule has 2 nitrogen and oxygen atoms in total. The second-order valence-corrected chi connectivity index (χ2v) is 4.62. The summed E-state index contributed by atoms with van der Waals surface area (Å²) in [5.41, 5.74) is 0.796. The highest BCUT2D eigenvalue weighted by atomic mass is 35.5. The number of nitrogens with one attached hydrogen (secondary N) is 1. The first-order valence-corrected chi connectivity index (χ1v) is 5.90. The number of hydrogen-bond acceptors (Lipinski definition) is 2. The molecular weight excluding hydrogens is 229 g/mol. The van der Waals surface area contributed by atoms with E-state index in [0.717, 1.165) is 24.9 Å². The fourth-order valence-corrected chi connectivity index (χ4v) is 2.34. The van der Waals surface area contributed by atoms with Gasteiger partial charge >= 0.3 is 0 Å². The number of benzene rings is 1. The Hall–Kier alpha value is -0.640. The molecule has 1 aromatic carbocycles. The van der Waals surface area contributed by atoms with Gasteiger partial charge in [-0.3, -0.25) is 0 Å². The maximum Gasteiger partial charge on any atom is 0.124 e. The molecule has 1 fully saturated rings. The molecule has 4 heteroatoms. The van der Waals surface area contributed by atoms with E-state index in [1.807, 2.05) is 0 Å². The van der Waals surface area contributed by atoms with E-state index < -0.39 is 6.10 Å². The zero-order valence-electron chi connectivity index (χ0n) is 8.92. The zero-order valence-corrected chi connectivity index (χ0v) is 9.67. The lowest BCUT2D eigenvalue weighted by molar-refractivity contribution is 0.136. The third-order valence-electron chi connectivity index (χ3n) is 3.01. The summed E-state index contributed by atoms with van der Waals surface area (Å²) in [5.74, 6) is -0.345. The molecule has 1 aromatic rings. The van der Waals surface area contributed by atoms with Crippen LogP contribution in [0.3, 0.4) is 0 Å². The van der Waals surface area contributed by atoms with E-state index in [1.54, 1.807) is 6.07 Å². The summed E-state index contributed by atoms with van der Waals surface area (Å²) < 4.78 is 12.8. The van der Waals surface area contributed by atoms with Crippen molar-refractivity contribution in [2.45, 2.75) is 31.4 Å². The van der Waals surface area contributed by atoms with E-state index in [2.05, 4.69) is 5.32 Å². The van der Waals surface area contributed by atoms with Gasteiger partial charge in [-0.15, -0.1) is 0 Å². The highest BCUT2D eigenvalue weighted by Crippen LogP contribution is 2.21. The molecule has 1 aliphatic rings. The van der Waals surface area contributed by atoms with Crippen molar-refractivity contribution in [3.8, 4) is 0 Å². The molecule has 2 unspecified atom stereocenters. The first-order chi connectivity index (χ1) is 7.66. The molecule has 0 amide bonds. The molecule has 0 radical (unpaired) electrons. The van der Waals surface area contributed by atoms with Gasteiger partial charge in [0.1, 0.15) is 5.82 Å². The Labute approximate surface area is 99.4 Å². The molecule has 2 N–H and O–H groups in total. The quantitative estimate of drug-likeness (QED) is 0.853. The summed E-state index contributed by atoms with van der Waals surface area (Å²) in [6, 6.07) is 4.43. The van der Waals surface area contributed by atoms with Crippen molar-refractivity contribution < 1.29 is 9.50 Å². The van der Waals surface area contributed by atoms with E-state index in [4.69, 9.17) is 11.6 Å². The van der Waals surface area contributed by atoms with Crippen molar-refractivity contribution in [3.05, 3.63) is 34.6 Å². The Bertz CT molecular complexity index is 366. The molecule has 0 aromatic heterocycles. The van der Waals surface area contributed by atoms with Crippen molar-refractivity contribution in [1.82, 2.24) is 5.32 Å². The highest BCUT2D eigenvalue weighted by molar-refractivity contribution is 6.31. The molecule has 0 spiro atoms. The average molecular weight is 244 g/mol. The van der Waals surface area contributed by atoms with Gasteiger partial charge in [-0.25, -0.2) is 4.39 Å². The Kier molecular flexibility index (Phi) is 3.79. The number of aliphatic hydroxyl groups excluding tert-OH is 1. The van der Waals surface area contributed by atoms with Crippen molar-refractivity contribution in [2.24, 2.45) is 0 Å². The molecule has 1 aliphatic heterocycles. The van der Waals surface area contributed by atoms with Crippen LogP contribution in [-0.2, 0) is 6.42 Å². The molecular formula is C12H15ClFNO. The molecule has 2 rings (SSSR count). The number of hydrogen-bond donors (Lipinski definition) is 2. The third-order valence-corrected chi connectivity index (χ3v) is 3.36. The number of aliphatic hydroxyl groups is 1. The minimum absolute atomic E-state index is 0.140. The largest absolute Gasteiger partial charge is 0.391 e. The van der Waals surface area contributed by atoms with Gasteiger partial charge in [0.15, 0.2) is 0 Å². The van der Waals surface area contributed by atoms with Crippen LogP contribution in [0, 0.1) is 5.82 Å². The van der Waals surface area contributed by atoms with Gasteiger partial charge < -0.3 is 10.4 Å². The number of halogens is 2. The van der Waals surface area contributed by atoms with Gasteiger partial charge in [0.2, 0.25) is 0 Å². The Morgan fingerprint density at radius 1 is 1.56 bits per heavy atom. The van der Waals surface area contributed by atoms with E-state index in [1.165, 1.54) is 12.1 Å².